The van der Waals surface area contributed by atoms with E-state index in [1.54, 1.807) is 42.1 Å². The number of hydrogen-bond acceptors (Lipinski definition) is 10. The molecule has 1 aromatic heterocycles. The number of thioether (sulfide) groups is 1. The fourth-order valence-corrected chi connectivity index (χ4v) is 8.58. The minimum atomic E-state index is -4.00. The topological polar surface area (TPSA) is 140 Å². The lowest BCUT2D eigenvalue weighted by Crippen LogP contribution is -2.45. The monoisotopic (exact) mass is 730 g/mol. The van der Waals surface area contributed by atoms with E-state index in [2.05, 4.69) is 20.2 Å². The van der Waals surface area contributed by atoms with Gasteiger partial charge in [-0.3, -0.25) is 4.79 Å². The van der Waals surface area contributed by atoms with Crippen LogP contribution < -0.4 is 10.0 Å². The molecule has 1 amide bonds. The Hall–Kier alpha value is -3.95. The molecule has 13 heteroatoms. The maximum Gasteiger partial charge on any atom is 0.242 e. The molecule has 1 aliphatic heterocycles. The first kappa shape index (κ1) is 35.9. The van der Waals surface area contributed by atoms with Crippen LogP contribution in [-0.4, -0.2) is 47.5 Å². The summed E-state index contributed by atoms with van der Waals surface area (Å²) < 4.78 is 43.2. The van der Waals surface area contributed by atoms with Crippen LogP contribution in [0.3, 0.4) is 0 Å². The van der Waals surface area contributed by atoms with Crippen LogP contribution in [0.2, 0.25) is 0 Å². The fraction of sp³-hybridized carbons (Fsp3) is 0.270. The van der Waals surface area contributed by atoms with Gasteiger partial charge in [0.2, 0.25) is 15.9 Å². The van der Waals surface area contributed by atoms with Crippen molar-refractivity contribution < 1.29 is 27.8 Å². The molecule has 3 N–H and O–H groups in total. The normalized spacial score (nSPS) is 18.4. The number of nitrogens with one attached hydrogen (secondary N) is 2. The molecule has 10 nitrogen and oxygen atoms in total. The molecule has 0 spiro atoms. The number of aliphatic hydroxyl groups excluding tert-OH is 1. The average Bonchev–Trinajstić information content (AvgIpc) is 3.55. The molecule has 6 rings (SSSR count). The summed E-state index contributed by atoms with van der Waals surface area (Å²) in [4.78, 5) is 13.9. The lowest BCUT2D eigenvalue weighted by molar-refractivity contribution is -0.245. The molecular weight excluding hydrogens is 693 g/mol. The summed E-state index contributed by atoms with van der Waals surface area (Å²) in [7, 11) is -4.00. The second-order valence-electron chi connectivity index (χ2n) is 12.0. The second kappa shape index (κ2) is 16.4. The number of rotatable bonds is 13. The Morgan fingerprint density at radius 1 is 0.920 bits per heavy atom. The molecule has 4 aromatic carbocycles. The molecule has 1 aliphatic rings. The number of aromatic nitrogens is 2. The van der Waals surface area contributed by atoms with Gasteiger partial charge < -0.3 is 19.9 Å². The van der Waals surface area contributed by atoms with Crippen LogP contribution in [0.15, 0.2) is 112 Å². The lowest BCUT2D eigenvalue weighted by Gasteiger charge is -2.36. The van der Waals surface area contributed by atoms with Gasteiger partial charge in [-0.05, 0) is 61.2 Å². The third-order valence-corrected chi connectivity index (χ3v) is 11.8. The van der Waals surface area contributed by atoms with Crippen molar-refractivity contribution in [2.75, 3.05) is 11.1 Å². The van der Waals surface area contributed by atoms with Crippen LogP contribution in [0.4, 0.5) is 5.69 Å². The van der Waals surface area contributed by atoms with Gasteiger partial charge in [-0.2, -0.15) is 4.72 Å². The molecule has 5 aromatic rings. The quantitative estimate of drug-likeness (QED) is 0.116. The summed E-state index contributed by atoms with van der Waals surface area (Å²) in [5.74, 6) is 0.133. The Morgan fingerprint density at radius 2 is 1.68 bits per heavy atom. The fourth-order valence-electron chi connectivity index (χ4n) is 5.53. The van der Waals surface area contributed by atoms with Crippen LogP contribution in [0.25, 0.3) is 0 Å². The molecule has 2 heterocycles. The van der Waals surface area contributed by atoms with Gasteiger partial charge in [0.05, 0.1) is 23.7 Å². The molecular formula is C37H38N4O6S3. The predicted molar refractivity (Wildman–Crippen MR) is 194 cm³/mol. The predicted octanol–water partition coefficient (Wildman–Crippen LogP) is 6.51. The summed E-state index contributed by atoms with van der Waals surface area (Å²) in [5, 5.41) is 21.7. The molecule has 1 saturated heterocycles. The van der Waals surface area contributed by atoms with Crippen LogP contribution in [0.5, 0.6) is 0 Å². The molecule has 0 radical (unpaired) electrons. The molecule has 0 bridgehead atoms. The van der Waals surface area contributed by atoms with E-state index in [-0.39, 0.29) is 30.1 Å². The molecule has 0 unspecified atom stereocenters. The Balaban J connectivity index is 1.21. The molecule has 1 fully saturated rings. The Morgan fingerprint density at radius 3 is 2.38 bits per heavy atom. The number of amides is 1. The Labute approximate surface area is 300 Å². The van der Waals surface area contributed by atoms with Crippen LogP contribution >= 0.6 is 23.1 Å². The largest absolute Gasteiger partial charge is 0.392 e. The van der Waals surface area contributed by atoms with Crippen LogP contribution in [-0.2, 0) is 37.3 Å². The number of nitrogens with zero attached hydrogens (tertiary/aromatic N) is 2. The number of anilines is 1. The first-order chi connectivity index (χ1) is 24.1. The lowest BCUT2D eigenvalue weighted by atomic mass is 10.0. The third kappa shape index (κ3) is 9.43. The van der Waals surface area contributed by atoms with Crippen molar-refractivity contribution in [2.24, 2.45) is 0 Å². The van der Waals surface area contributed by atoms with Gasteiger partial charge in [0.1, 0.15) is 11.0 Å². The van der Waals surface area contributed by atoms with Gasteiger partial charge in [-0.15, -0.1) is 10.2 Å². The minimum absolute atomic E-state index is 0.0454. The molecule has 4 atom stereocenters. The van der Waals surface area contributed by atoms with Gasteiger partial charge >= 0.3 is 0 Å². The minimum Gasteiger partial charge on any atom is -0.392 e. The standard InChI is InChI=1S/C37H38N4O6S3/c1-24-11-17-32(18-12-24)50(44,45)41-33(19-26-7-4-3-5-8-26)35(43)38-30-10-6-9-29(20-30)36-46-31(23-48-37-40-39-25(2)49-37)21-34(47-36)28-15-13-27(22-42)14-16-28/h3-18,20,31,33-34,36,41-42H,19,21-23H2,1-2H3,(H,38,43)/t31-,33+,34+,36+/m0/s1. The van der Waals surface area contributed by atoms with Crippen LogP contribution in [0.1, 0.15) is 51.6 Å². The first-order valence-electron chi connectivity index (χ1n) is 16.1. The number of carbonyl (C=O) groups excluding carboxylic acids is 1. The van der Waals surface area contributed by atoms with Crippen molar-refractivity contribution in [3.8, 4) is 0 Å². The first-order valence-corrected chi connectivity index (χ1v) is 19.4. The smallest absolute Gasteiger partial charge is 0.242 e. The van der Waals surface area contributed by atoms with Gasteiger partial charge in [0.25, 0.3) is 0 Å². The highest BCUT2D eigenvalue weighted by atomic mass is 32.2. The average molecular weight is 731 g/mol. The van der Waals surface area contributed by atoms with E-state index in [4.69, 9.17) is 9.47 Å². The summed E-state index contributed by atoms with van der Waals surface area (Å²) in [5.41, 5.74) is 4.68. The van der Waals surface area contributed by atoms with E-state index in [0.717, 1.165) is 31.6 Å². The van der Waals surface area contributed by atoms with Gasteiger partial charge in [0, 0.05) is 23.4 Å². The number of aliphatic hydroxyl groups is 1. The number of aryl methyl sites for hydroxylation is 2. The second-order valence-corrected chi connectivity index (χ2v) is 16.2. The van der Waals surface area contributed by atoms with Crippen molar-refractivity contribution in [3.05, 3.63) is 136 Å². The summed E-state index contributed by atoms with van der Waals surface area (Å²) >= 11 is 3.12. The molecule has 0 aliphatic carbocycles. The van der Waals surface area contributed by atoms with Gasteiger partial charge in [0.15, 0.2) is 10.6 Å². The molecule has 260 valence electrons. The summed E-state index contributed by atoms with van der Waals surface area (Å²) in [6.07, 6.45) is -0.456. The van der Waals surface area contributed by atoms with E-state index in [1.165, 1.54) is 23.5 Å². The maximum absolute atomic E-state index is 13.8. The highest BCUT2D eigenvalue weighted by molar-refractivity contribution is 8.01. The SMILES string of the molecule is Cc1ccc(S(=O)(=O)N[C@H](Cc2ccccc2)C(=O)Nc2cccc([C@@H]3O[C@H](CSc4nnc(C)s4)C[C@H](c4ccc(CO)cc4)O3)c2)cc1. The number of sulfonamides is 1. The Kier molecular flexibility index (Phi) is 11.7. The highest BCUT2D eigenvalue weighted by Crippen LogP contribution is 2.40. The number of hydrogen-bond donors (Lipinski definition) is 3. The van der Waals surface area contributed by atoms with Crippen molar-refractivity contribution in [2.45, 2.75) is 67.1 Å². The number of benzene rings is 4. The number of carbonyl (C=O) groups is 1. The van der Waals surface area contributed by atoms with Crippen molar-refractivity contribution >= 4 is 44.7 Å². The number of ether oxygens (including phenoxy) is 2. The third-order valence-electron chi connectivity index (χ3n) is 8.17. The van der Waals surface area contributed by atoms with E-state index >= 15 is 0 Å². The van der Waals surface area contributed by atoms with Gasteiger partial charge in [-0.1, -0.05) is 108 Å². The zero-order valence-electron chi connectivity index (χ0n) is 27.6. The zero-order valence-corrected chi connectivity index (χ0v) is 30.0. The van der Waals surface area contributed by atoms with Crippen molar-refractivity contribution in [1.82, 2.24) is 14.9 Å². The Bertz CT molecular complexity index is 1990. The summed E-state index contributed by atoms with van der Waals surface area (Å²) in [6, 6.07) is 29.5. The highest BCUT2D eigenvalue weighted by Gasteiger charge is 2.33. The maximum atomic E-state index is 13.8. The van der Waals surface area contributed by atoms with E-state index in [0.29, 0.717) is 23.4 Å². The van der Waals surface area contributed by atoms with E-state index < -0.39 is 28.3 Å². The van der Waals surface area contributed by atoms with Crippen molar-refractivity contribution in [3.63, 3.8) is 0 Å². The molecule has 50 heavy (non-hydrogen) atoms. The van der Waals surface area contributed by atoms with E-state index in [9.17, 15) is 18.3 Å². The van der Waals surface area contributed by atoms with Crippen molar-refractivity contribution in [1.29, 1.82) is 0 Å². The van der Waals surface area contributed by atoms with E-state index in [1.807, 2.05) is 74.5 Å². The van der Waals surface area contributed by atoms with Gasteiger partial charge in [-0.25, -0.2) is 8.42 Å². The van der Waals surface area contributed by atoms with Crippen LogP contribution in [0, 0.1) is 13.8 Å². The zero-order chi connectivity index (χ0) is 35.1. The molecule has 0 saturated carbocycles. The summed E-state index contributed by atoms with van der Waals surface area (Å²) in [6.45, 7) is 3.75.